The molecule has 0 spiro atoms. The Balaban J connectivity index is 2.26. The number of halogens is 2. The lowest BCUT2D eigenvalue weighted by molar-refractivity contribution is -0.142. The third kappa shape index (κ3) is 3.50. The first-order valence-electron chi connectivity index (χ1n) is 4.26. The Morgan fingerprint density at radius 1 is 1.31 bits per heavy atom. The summed E-state index contributed by atoms with van der Waals surface area (Å²) in [6.45, 7) is 0. The summed E-state index contributed by atoms with van der Waals surface area (Å²) >= 11 is 0.663. The lowest BCUT2D eigenvalue weighted by Gasteiger charge is -2.24. The smallest absolute Gasteiger partial charge is 0.306 e. The molecule has 13 heavy (non-hydrogen) atoms. The molecule has 0 saturated heterocycles. The third-order valence-electron chi connectivity index (χ3n) is 2.32. The number of aliphatic carboxylic acids is 1. The minimum atomic E-state index is -2.33. The van der Waals surface area contributed by atoms with E-state index < -0.39 is 11.7 Å². The van der Waals surface area contributed by atoms with Gasteiger partial charge in [0.2, 0.25) is 0 Å². The van der Waals surface area contributed by atoms with Gasteiger partial charge in [-0.3, -0.25) is 4.79 Å². The quantitative estimate of drug-likeness (QED) is 0.778. The van der Waals surface area contributed by atoms with E-state index in [1.165, 1.54) is 0 Å². The van der Waals surface area contributed by atoms with Crippen LogP contribution < -0.4 is 0 Å². The maximum absolute atomic E-state index is 11.9. The second kappa shape index (κ2) is 4.79. The number of carboxylic acids is 1. The van der Waals surface area contributed by atoms with Crippen LogP contribution in [0.2, 0.25) is 0 Å². The first-order chi connectivity index (χ1) is 6.09. The fourth-order valence-electron chi connectivity index (χ4n) is 1.59. The van der Waals surface area contributed by atoms with Crippen molar-refractivity contribution in [2.24, 2.45) is 5.92 Å². The Kier molecular flexibility index (Phi) is 3.96. The highest BCUT2D eigenvalue weighted by molar-refractivity contribution is 8.00. The van der Waals surface area contributed by atoms with Crippen LogP contribution in [-0.4, -0.2) is 22.1 Å². The van der Waals surface area contributed by atoms with Crippen LogP contribution >= 0.6 is 11.8 Å². The van der Waals surface area contributed by atoms with Gasteiger partial charge in [-0.05, 0) is 25.7 Å². The molecule has 0 unspecified atom stereocenters. The molecule has 1 aliphatic rings. The van der Waals surface area contributed by atoms with Crippen molar-refractivity contribution in [2.75, 3.05) is 0 Å². The van der Waals surface area contributed by atoms with E-state index in [9.17, 15) is 13.6 Å². The Morgan fingerprint density at radius 3 is 2.23 bits per heavy atom. The zero-order valence-electron chi connectivity index (χ0n) is 7.08. The summed E-state index contributed by atoms with van der Waals surface area (Å²) in [6, 6.07) is 0. The monoisotopic (exact) mass is 210 g/mol. The minimum Gasteiger partial charge on any atom is -0.481 e. The molecule has 1 aliphatic carbocycles. The number of hydrogen-bond donors (Lipinski definition) is 1. The average Bonchev–Trinajstić information content (AvgIpc) is 2.04. The fraction of sp³-hybridized carbons (Fsp3) is 0.875. The van der Waals surface area contributed by atoms with Crippen molar-refractivity contribution in [1.29, 1.82) is 0 Å². The molecule has 1 fully saturated rings. The molecular formula is C8H12F2O2S. The summed E-state index contributed by atoms with van der Waals surface area (Å²) < 4.78 is 23.8. The zero-order chi connectivity index (χ0) is 9.84. The number of alkyl halides is 2. The molecule has 0 radical (unpaired) electrons. The summed E-state index contributed by atoms with van der Waals surface area (Å²) in [5.74, 6) is -3.43. The number of thioether (sulfide) groups is 1. The molecule has 0 aromatic carbocycles. The van der Waals surface area contributed by atoms with E-state index in [2.05, 4.69) is 0 Å². The number of carbonyl (C=O) groups is 1. The topological polar surface area (TPSA) is 37.3 Å². The van der Waals surface area contributed by atoms with E-state index >= 15 is 0 Å². The molecule has 0 bridgehead atoms. The van der Waals surface area contributed by atoms with Gasteiger partial charge in [0, 0.05) is 5.25 Å². The summed E-state index contributed by atoms with van der Waals surface area (Å²) in [4.78, 5) is 10.5. The summed E-state index contributed by atoms with van der Waals surface area (Å²) in [7, 11) is 0. The molecule has 0 atom stereocenters. The van der Waals surface area contributed by atoms with Gasteiger partial charge in [0.15, 0.2) is 0 Å². The molecule has 1 N–H and O–H groups in total. The van der Waals surface area contributed by atoms with Gasteiger partial charge in [0.05, 0.1) is 5.92 Å². The largest absolute Gasteiger partial charge is 0.481 e. The Hall–Kier alpha value is -0.320. The standard InChI is InChI=1S/C8H12F2O2S/c9-8(10)13-6-3-1-5(2-4-6)7(11)12/h5-6,8H,1-4H2,(H,11,12). The van der Waals surface area contributed by atoms with E-state index in [1.807, 2.05) is 0 Å². The molecule has 1 saturated carbocycles. The normalized spacial score (nSPS) is 29.2. The van der Waals surface area contributed by atoms with Gasteiger partial charge in [0.1, 0.15) is 0 Å². The second-order valence-electron chi connectivity index (χ2n) is 3.21. The molecule has 0 aromatic heterocycles. The van der Waals surface area contributed by atoms with Crippen LogP contribution in [0.4, 0.5) is 8.78 Å². The fourth-order valence-corrected chi connectivity index (χ4v) is 2.43. The number of carboxylic acid groups (broad SMARTS) is 1. The molecular weight excluding hydrogens is 198 g/mol. The van der Waals surface area contributed by atoms with E-state index in [0.717, 1.165) is 0 Å². The van der Waals surface area contributed by atoms with Gasteiger partial charge in [-0.1, -0.05) is 11.8 Å². The first-order valence-corrected chi connectivity index (χ1v) is 5.20. The number of rotatable bonds is 3. The van der Waals surface area contributed by atoms with Crippen LogP contribution in [0.5, 0.6) is 0 Å². The van der Waals surface area contributed by atoms with Crippen LogP contribution in [0.1, 0.15) is 25.7 Å². The summed E-state index contributed by atoms with van der Waals surface area (Å²) in [5, 5.41) is 8.61. The lowest BCUT2D eigenvalue weighted by atomic mass is 9.89. The van der Waals surface area contributed by atoms with Crippen molar-refractivity contribution in [3.05, 3.63) is 0 Å². The summed E-state index contributed by atoms with van der Waals surface area (Å²) in [5.41, 5.74) is 0. The Morgan fingerprint density at radius 2 is 1.85 bits per heavy atom. The van der Waals surface area contributed by atoms with Gasteiger partial charge < -0.3 is 5.11 Å². The predicted octanol–water partition coefficient (Wildman–Crippen LogP) is 2.59. The SMILES string of the molecule is O=C(O)C1CCC(SC(F)F)CC1. The van der Waals surface area contributed by atoms with Crippen LogP contribution in [0.3, 0.4) is 0 Å². The highest BCUT2D eigenvalue weighted by Crippen LogP contribution is 2.34. The first kappa shape index (κ1) is 10.8. The van der Waals surface area contributed by atoms with Crippen LogP contribution in [0.25, 0.3) is 0 Å². The molecule has 1 rings (SSSR count). The molecule has 0 aliphatic heterocycles. The van der Waals surface area contributed by atoms with Crippen molar-refractivity contribution in [1.82, 2.24) is 0 Å². The highest BCUT2D eigenvalue weighted by atomic mass is 32.2. The lowest BCUT2D eigenvalue weighted by Crippen LogP contribution is -2.23. The van der Waals surface area contributed by atoms with Crippen molar-refractivity contribution < 1.29 is 18.7 Å². The van der Waals surface area contributed by atoms with Crippen molar-refractivity contribution in [2.45, 2.75) is 36.7 Å². The van der Waals surface area contributed by atoms with E-state index in [0.29, 0.717) is 37.4 Å². The molecule has 0 amide bonds. The van der Waals surface area contributed by atoms with Crippen LogP contribution in [-0.2, 0) is 4.79 Å². The van der Waals surface area contributed by atoms with E-state index in [4.69, 9.17) is 5.11 Å². The molecule has 76 valence electrons. The maximum Gasteiger partial charge on any atom is 0.306 e. The van der Waals surface area contributed by atoms with Crippen molar-refractivity contribution >= 4 is 17.7 Å². The minimum absolute atomic E-state index is 0.0457. The van der Waals surface area contributed by atoms with Crippen LogP contribution in [0, 0.1) is 5.92 Å². The highest BCUT2D eigenvalue weighted by Gasteiger charge is 2.27. The molecule has 0 heterocycles. The predicted molar refractivity (Wildman–Crippen MR) is 47.0 cm³/mol. The van der Waals surface area contributed by atoms with E-state index in [-0.39, 0.29) is 11.2 Å². The number of hydrogen-bond acceptors (Lipinski definition) is 2. The molecule has 0 aromatic rings. The van der Waals surface area contributed by atoms with E-state index in [1.54, 1.807) is 0 Å². The Labute approximate surface area is 79.7 Å². The van der Waals surface area contributed by atoms with Gasteiger partial charge >= 0.3 is 5.97 Å². The van der Waals surface area contributed by atoms with Gasteiger partial charge in [0.25, 0.3) is 5.76 Å². The second-order valence-corrected chi connectivity index (χ2v) is 4.50. The van der Waals surface area contributed by atoms with Gasteiger partial charge in [-0.25, -0.2) is 0 Å². The third-order valence-corrected chi connectivity index (χ3v) is 3.38. The molecule has 5 heteroatoms. The summed E-state index contributed by atoms with van der Waals surface area (Å²) in [6.07, 6.45) is 2.29. The van der Waals surface area contributed by atoms with Gasteiger partial charge in [-0.15, -0.1) is 0 Å². The Bertz CT molecular complexity index is 179. The van der Waals surface area contributed by atoms with Gasteiger partial charge in [-0.2, -0.15) is 8.78 Å². The molecule has 2 nitrogen and oxygen atoms in total. The zero-order valence-corrected chi connectivity index (χ0v) is 7.90. The van der Waals surface area contributed by atoms with Crippen LogP contribution in [0.15, 0.2) is 0 Å². The average molecular weight is 210 g/mol. The van der Waals surface area contributed by atoms with Crippen molar-refractivity contribution in [3.8, 4) is 0 Å². The van der Waals surface area contributed by atoms with Crippen molar-refractivity contribution in [3.63, 3.8) is 0 Å². The maximum atomic E-state index is 11.9.